The van der Waals surface area contributed by atoms with E-state index in [1.807, 2.05) is 41.5 Å². The zero-order valence-electron chi connectivity index (χ0n) is 14.3. The Bertz CT molecular complexity index is 901. The molecule has 7 nitrogen and oxygen atoms in total. The maximum Gasteiger partial charge on any atom is 0.180 e. The number of nitrogens with zero attached hydrogens (tertiary/aromatic N) is 7. The molecule has 1 saturated carbocycles. The molecular formula is C18H21N7. The van der Waals surface area contributed by atoms with E-state index >= 15 is 0 Å². The van der Waals surface area contributed by atoms with Gasteiger partial charge in [-0.05, 0) is 25.3 Å². The molecule has 1 unspecified atom stereocenters. The average Bonchev–Trinajstić information content (AvgIpc) is 3.19. The van der Waals surface area contributed by atoms with Gasteiger partial charge in [-0.25, -0.2) is 19.9 Å². The molecule has 25 heavy (non-hydrogen) atoms. The van der Waals surface area contributed by atoms with E-state index in [-0.39, 0.29) is 0 Å². The highest BCUT2D eigenvalue weighted by atomic mass is 15.3. The summed E-state index contributed by atoms with van der Waals surface area (Å²) in [7, 11) is 2.14. The van der Waals surface area contributed by atoms with E-state index in [0.29, 0.717) is 12.0 Å². The molecule has 1 saturated heterocycles. The van der Waals surface area contributed by atoms with E-state index in [4.69, 9.17) is 4.98 Å². The number of anilines is 2. The molecule has 1 atom stereocenters. The number of rotatable bonds is 4. The van der Waals surface area contributed by atoms with Crippen LogP contribution in [0.1, 0.15) is 31.0 Å². The lowest BCUT2D eigenvalue weighted by Crippen LogP contribution is -2.35. The third kappa shape index (κ3) is 2.59. The second kappa shape index (κ2) is 5.68. The Hall–Kier alpha value is -2.70. The van der Waals surface area contributed by atoms with Gasteiger partial charge in [-0.1, -0.05) is 0 Å². The first-order valence-electron chi connectivity index (χ1n) is 8.88. The Balaban J connectivity index is 1.36. The second-order valence-corrected chi connectivity index (χ2v) is 6.96. The molecule has 4 heterocycles. The minimum Gasteiger partial charge on any atom is -0.355 e. The predicted octanol–water partition coefficient (Wildman–Crippen LogP) is 2.11. The molecule has 3 aromatic heterocycles. The summed E-state index contributed by atoms with van der Waals surface area (Å²) in [5.74, 6) is 3.57. The quantitative estimate of drug-likeness (QED) is 0.728. The number of hydrogen-bond acceptors (Lipinski definition) is 6. The molecule has 128 valence electrons. The van der Waals surface area contributed by atoms with E-state index in [2.05, 4.69) is 31.8 Å². The van der Waals surface area contributed by atoms with Gasteiger partial charge in [0.05, 0.1) is 0 Å². The molecule has 0 amide bonds. The highest BCUT2D eigenvalue weighted by Gasteiger charge is 2.30. The van der Waals surface area contributed by atoms with Crippen molar-refractivity contribution in [1.82, 2.24) is 24.3 Å². The van der Waals surface area contributed by atoms with Crippen molar-refractivity contribution in [2.45, 2.75) is 31.2 Å². The fourth-order valence-corrected chi connectivity index (χ4v) is 3.60. The summed E-state index contributed by atoms with van der Waals surface area (Å²) in [6, 6.07) is 2.43. The number of fused-ring (bicyclic) bond motifs is 1. The van der Waals surface area contributed by atoms with Crippen molar-refractivity contribution in [3.63, 3.8) is 0 Å². The van der Waals surface area contributed by atoms with Gasteiger partial charge in [-0.3, -0.25) is 0 Å². The summed E-state index contributed by atoms with van der Waals surface area (Å²) < 4.78 is 2.02. The maximum absolute atomic E-state index is 4.78. The SMILES string of the molecule is CN(c1ccnc(C2CC2)n1)C1CCN(c2nccn3ccnc23)C1. The monoisotopic (exact) mass is 335 g/mol. The molecule has 7 heteroatoms. The highest BCUT2D eigenvalue weighted by Crippen LogP contribution is 2.38. The lowest BCUT2D eigenvalue weighted by atomic mass is 10.2. The largest absolute Gasteiger partial charge is 0.355 e. The van der Waals surface area contributed by atoms with E-state index in [0.717, 1.165) is 42.6 Å². The number of likely N-dealkylation sites (N-methyl/N-ethyl adjacent to an activating group) is 1. The smallest absolute Gasteiger partial charge is 0.180 e. The van der Waals surface area contributed by atoms with E-state index in [9.17, 15) is 0 Å². The standard InChI is InChI=1S/C18H21N7/c1-23(15-4-6-19-16(22-15)13-2-3-13)14-5-9-25(12-14)18-17-20-7-10-24(17)11-8-21-18/h4,6-8,10-11,13-14H,2-3,5,9,12H2,1H3. The van der Waals surface area contributed by atoms with Crippen molar-refractivity contribution in [2.24, 2.45) is 0 Å². The van der Waals surface area contributed by atoms with Crippen LogP contribution in [0.15, 0.2) is 37.1 Å². The van der Waals surface area contributed by atoms with Crippen molar-refractivity contribution in [3.05, 3.63) is 42.9 Å². The van der Waals surface area contributed by atoms with Gasteiger partial charge in [0, 0.05) is 63.1 Å². The van der Waals surface area contributed by atoms with Crippen molar-refractivity contribution in [2.75, 3.05) is 29.9 Å². The molecule has 0 N–H and O–H groups in total. The molecule has 0 spiro atoms. The summed E-state index contributed by atoms with van der Waals surface area (Å²) in [5, 5.41) is 0. The Morgan fingerprint density at radius 1 is 1.04 bits per heavy atom. The van der Waals surface area contributed by atoms with Crippen LogP contribution in [0.4, 0.5) is 11.6 Å². The molecule has 1 aliphatic carbocycles. The third-order valence-electron chi connectivity index (χ3n) is 5.27. The fourth-order valence-electron chi connectivity index (χ4n) is 3.60. The van der Waals surface area contributed by atoms with Gasteiger partial charge < -0.3 is 14.2 Å². The molecule has 0 aromatic carbocycles. The lowest BCUT2D eigenvalue weighted by molar-refractivity contribution is 0.679. The Labute approximate surface area is 146 Å². The molecule has 0 radical (unpaired) electrons. The zero-order chi connectivity index (χ0) is 16.8. The topological polar surface area (TPSA) is 62.5 Å². The molecule has 5 rings (SSSR count). The summed E-state index contributed by atoms with van der Waals surface area (Å²) in [4.78, 5) is 22.9. The first-order valence-corrected chi connectivity index (χ1v) is 8.88. The minimum absolute atomic E-state index is 0.416. The van der Waals surface area contributed by atoms with Gasteiger partial charge in [0.1, 0.15) is 11.6 Å². The van der Waals surface area contributed by atoms with Gasteiger partial charge >= 0.3 is 0 Å². The maximum atomic E-state index is 4.78. The molecule has 2 fully saturated rings. The third-order valence-corrected chi connectivity index (χ3v) is 5.27. The van der Waals surface area contributed by atoms with Crippen LogP contribution < -0.4 is 9.80 Å². The predicted molar refractivity (Wildman–Crippen MR) is 96.0 cm³/mol. The summed E-state index contributed by atoms with van der Waals surface area (Å²) in [6.45, 7) is 1.91. The van der Waals surface area contributed by atoms with Gasteiger partial charge in [0.15, 0.2) is 11.5 Å². The first kappa shape index (κ1) is 14.6. The van der Waals surface area contributed by atoms with E-state index < -0.39 is 0 Å². The van der Waals surface area contributed by atoms with Crippen molar-refractivity contribution in [1.29, 1.82) is 0 Å². The van der Waals surface area contributed by atoms with Crippen LogP contribution in [-0.4, -0.2) is 50.5 Å². The normalized spacial score (nSPS) is 20.4. The Morgan fingerprint density at radius 3 is 2.72 bits per heavy atom. The van der Waals surface area contributed by atoms with Gasteiger partial charge in [-0.2, -0.15) is 0 Å². The van der Waals surface area contributed by atoms with Gasteiger partial charge in [0.2, 0.25) is 0 Å². The highest BCUT2D eigenvalue weighted by molar-refractivity contribution is 5.64. The summed E-state index contributed by atoms with van der Waals surface area (Å²) >= 11 is 0. The zero-order valence-corrected chi connectivity index (χ0v) is 14.3. The van der Waals surface area contributed by atoms with Crippen molar-refractivity contribution < 1.29 is 0 Å². The van der Waals surface area contributed by atoms with Crippen LogP contribution in [0.25, 0.3) is 5.65 Å². The van der Waals surface area contributed by atoms with Crippen LogP contribution in [0, 0.1) is 0 Å². The van der Waals surface area contributed by atoms with Crippen LogP contribution >= 0.6 is 0 Å². The van der Waals surface area contributed by atoms with E-state index in [1.54, 1.807) is 0 Å². The van der Waals surface area contributed by atoms with Crippen LogP contribution in [-0.2, 0) is 0 Å². The number of aromatic nitrogens is 5. The number of imidazole rings is 1. The molecular weight excluding hydrogens is 314 g/mol. The summed E-state index contributed by atoms with van der Waals surface area (Å²) in [5.41, 5.74) is 0.920. The fraction of sp³-hybridized carbons (Fsp3) is 0.444. The molecule has 2 aliphatic rings. The summed E-state index contributed by atoms with van der Waals surface area (Å²) in [6.07, 6.45) is 13.0. The average molecular weight is 335 g/mol. The number of hydrogen-bond donors (Lipinski definition) is 0. The van der Waals surface area contributed by atoms with Crippen LogP contribution in [0.5, 0.6) is 0 Å². The molecule has 1 aliphatic heterocycles. The molecule has 0 bridgehead atoms. The Kier molecular flexibility index (Phi) is 3.33. The Morgan fingerprint density at radius 2 is 1.88 bits per heavy atom. The van der Waals surface area contributed by atoms with Crippen LogP contribution in [0.2, 0.25) is 0 Å². The van der Waals surface area contributed by atoms with Crippen molar-refractivity contribution >= 4 is 17.3 Å². The van der Waals surface area contributed by atoms with Gasteiger partial charge in [-0.15, -0.1) is 0 Å². The van der Waals surface area contributed by atoms with Crippen LogP contribution in [0.3, 0.4) is 0 Å². The van der Waals surface area contributed by atoms with Crippen molar-refractivity contribution in [3.8, 4) is 0 Å². The van der Waals surface area contributed by atoms with Gasteiger partial charge in [0.25, 0.3) is 0 Å². The van der Waals surface area contributed by atoms with E-state index in [1.165, 1.54) is 12.8 Å². The molecule has 3 aromatic rings. The second-order valence-electron chi connectivity index (χ2n) is 6.96. The lowest BCUT2D eigenvalue weighted by Gasteiger charge is -2.26. The minimum atomic E-state index is 0.416. The first-order chi connectivity index (χ1) is 12.3.